The topological polar surface area (TPSA) is 82.9 Å². The SMILES string of the molecule is NC(=S)N/N=C/c1ccc(N2CCCN(Cc3ccccc3)CC2)c(N)c1. The van der Waals surface area contributed by atoms with Crippen LogP contribution in [0.5, 0.6) is 0 Å². The maximum atomic E-state index is 6.31. The average Bonchev–Trinajstić information content (AvgIpc) is 2.88. The van der Waals surface area contributed by atoms with Gasteiger partial charge in [0.1, 0.15) is 0 Å². The molecule has 0 atom stereocenters. The Kier molecular flexibility index (Phi) is 6.62. The third-order valence-corrected chi connectivity index (χ3v) is 4.71. The zero-order valence-corrected chi connectivity index (χ0v) is 16.2. The number of anilines is 2. The van der Waals surface area contributed by atoms with E-state index in [9.17, 15) is 0 Å². The van der Waals surface area contributed by atoms with Crippen molar-refractivity contribution in [3.05, 3.63) is 59.7 Å². The fraction of sp³-hybridized carbons (Fsp3) is 0.300. The van der Waals surface area contributed by atoms with Gasteiger partial charge in [0.2, 0.25) is 0 Å². The van der Waals surface area contributed by atoms with E-state index in [0.717, 1.165) is 56.1 Å². The van der Waals surface area contributed by atoms with Crippen LogP contribution in [0.25, 0.3) is 0 Å². The summed E-state index contributed by atoms with van der Waals surface area (Å²) in [6.07, 6.45) is 2.77. The van der Waals surface area contributed by atoms with E-state index in [1.807, 2.05) is 12.1 Å². The molecule has 0 radical (unpaired) electrons. The van der Waals surface area contributed by atoms with Crippen molar-refractivity contribution in [2.45, 2.75) is 13.0 Å². The van der Waals surface area contributed by atoms with E-state index < -0.39 is 0 Å². The van der Waals surface area contributed by atoms with Crippen molar-refractivity contribution >= 4 is 34.9 Å². The minimum Gasteiger partial charge on any atom is -0.397 e. The van der Waals surface area contributed by atoms with Gasteiger partial charge in [0.05, 0.1) is 17.6 Å². The monoisotopic (exact) mass is 382 g/mol. The molecule has 1 saturated heterocycles. The molecule has 3 rings (SSSR count). The Hall–Kier alpha value is -2.64. The summed E-state index contributed by atoms with van der Waals surface area (Å²) in [6, 6.07) is 16.6. The number of thiocarbonyl (C=S) groups is 1. The molecule has 2 aromatic rings. The lowest BCUT2D eigenvalue weighted by Crippen LogP contribution is -2.30. The summed E-state index contributed by atoms with van der Waals surface area (Å²) in [5.74, 6) is 0. The summed E-state index contributed by atoms with van der Waals surface area (Å²) < 4.78 is 0. The summed E-state index contributed by atoms with van der Waals surface area (Å²) in [6.45, 7) is 5.09. The van der Waals surface area contributed by atoms with E-state index in [1.54, 1.807) is 6.21 Å². The lowest BCUT2D eigenvalue weighted by Gasteiger charge is -2.25. The van der Waals surface area contributed by atoms with Gasteiger partial charge in [-0.1, -0.05) is 36.4 Å². The molecule has 0 aliphatic carbocycles. The predicted molar refractivity (Wildman–Crippen MR) is 117 cm³/mol. The van der Waals surface area contributed by atoms with Crippen LogP contribution in [0.1, 0.15) is 17.5 Å². The van der Waals surface area contributed by atoms with Gasteiger partial charge in [0.25, 0.3) is 0 Å². The van der Waals surface area contributed by atoms with Gasteiger partial charge in [-0.2, -0.15) is 5.10 Å². The van der Waals surface area contributed by atoms with Crippen molar-refractivity contribution in [2.24, 2.45) is 10.8 Å². The number of rotatable bonds is 5. The van der Waals surface area contributed by atoms with Crippen LogP contribution in [0.15, 0.2) is 53.6 Å². The van der Waals surface area contributed by atoms with Crippen molar-refractivity contribution in [3.63, 3.8) is 0 Å². The van der Waals surface area contributed by atoms with Crippen molar-refractivity contribution in [1.82, 2.24) is 10.3 Å². The van der Waals surface area contributed by atoms with Crippen LogP contribution >= 0.6 is 12.2 Å². The first-order chi connectivity index (χ1) is 13.1. The first-order valence-electron chi connectivity index (χ1n) is 9.11. The second kappa shape index (κ2) is 9.34. The molecule has 0 bridgehead atoms. The smallest absolute Gasteiger partial charge is 0.184 e. The first kappa shape index (κ1) is 19.1. The summed E-state index contributed by atoms with van der Waals surface area (Å²) >= 11 is 4.72. The molecular weight excluding hydrogens is 356 g/mol. The number of nitrogen functional groups attached to an aromatic ring is 1. The number of hydrogen-bond donors (Lipinski definition) is 3. The van der Waals surface area contributed by atoms with Crippen LogP contribution < -0.4 is 21.8 Å². The minimum absolute atomic E-state index is 0.139. The van der Waals surface area contributed by atoms with Crippen LogP contribution in [-0.4, -0.2) is 42.4 Å². The van der Waals surface area contributed by atoms with E-state index in [0.29, 0.717) is 0 Å². The van der Waals surface area contributed by atoms with Gasteiger partial charge in [0, 0.05) is 32.7 Å². The lowest BCUT2D eigenvalue weighted by atomic mass is 10.1. The number of nitrogens with two attached hydrogens (primary N) is 2. The van der Waals surface area contributed by atoms with E-state index in [4.69, 9.17) is 23.7 Å². The van der Waals surface area contributed by atoms with Gasteiger partial charge in [0.15, 0.2) is 5.11 Å². The molecule has 1 heterocycles. The Morgan fingerprint density at radius 2 is 1.93 bits per heavy atom. The molecule has 7 heteroatoms. The zero-order valence-electron chi connectivity index (χ0n) is 15.3. The molecule has 0 aromatic heterocycles. The largest absolute Gasteiger partial charge is 0.397 e. The van der Waals surface area contributed by atoms with Crippen LogP contribution in [-0.2, 0) is 6.54 Å². The number of nitrogens with zero attached hydrogens (tertiary/aromatic N) is 3. The standard InChI is InChI=1S/C20H26N6S/c21-18-13-17(14-23-24-20(22)27)7-8-19(18)26-10-4-9-25(11-12-26)15-16-5-2-1-3-6-16/h1-3,5-8,13-14H,4,9-12,15,21H2,(H3,22,24,27)/b23-14+. The van der Waals surface area contributed by atoms with E-state index >= 15 is 0 Å². The Morgan fingerprint density at radius 1 is 1.11 bits per heavy atom. The highest BCUT2D eigenvalue weighted by atomic mass is 32.1. The molecule has 27 heavy (non-hydrogen) atoms. The Labute approximate surface area is 165 Å². The van der Waals surface area contributed by atoms with Crippen LogP contribution in [0.3, 0.4) is 0 Å². The number of benzene rings is 2. The maximum Gasteiger partial charge on any atom is 0.184 e. The highest BCUT2D eigenvalue weighted by Crippen LogP contribution is 2.25. The second-order valence-electron chi connectivity index (χ2n) is 6.65. The van der Waals surface area contributed by atoms with Crippen molar-refractivity contribution < 1.29 is 0 Å². The molecule has 2 aromatic carbocycles. The fourth-order valence-electron chi connectivity index (χ4n) is 3.32. The number of hydrazone groups is 1. The highest BCUT2D eigenvalue weighted by Gasteiger charge is 2.17. The number of nitrogens with one attached hydrogen (secondary N) is 1. The van der Waals surface area contributed by atoms with E-state index in [2.05, 4.69) is 56.7 Å². The number of hydrogen-bond acceptors (Lipinski definition) is 5. The molecule has 6 nitrogen and oxygen atoms in total. The van der Waals surface area contributed by atoms with Gasteiger partial charge < -0.3 is 16.4 Å². The molecular formula is C20H26N6S. The summed E-state index contributed by atoms with van der Waals surface area (Å²) in [7, 11) is 0. The summed E-state index contributed by atoms with van der Waals surface area (Å²) in [5.41, 5.74) is 18.3. The minimum atomic E-state index is 0.139. The second-order valence-corrected chi connectivity index (χ2v) is 7.09. The molecule has 1 aliphatic heterocycles. The molecule has 142 valence electrons. The first-order valence-corrected chi connectivity index (χ1v) is 9.52. The quantitative estimate of drug-likeness (QED) is 0.318. The lowest BCUT2D eigenvalue weighted by molar-refractivity contribution is 0.285. The third-order valence-electron chi connectivity index (χ3n) is 4.62. The van der Waals surface area contributed by atoms with Gasteiger partial charge in [-0.25, -0.2) is 0 Å². The molecule has 0 unspecified atom stereocenters. The molecule has 5 N–H and O–H groups in total. The van der Waals surface area contributed by atoms with Crippen molar-refractivity contribution in [1.29, 1.82) is 0 Å². The molecule has 0 amide bonds. The van der Waals surface area contributed by atoms with Gasteiger partial charge in [-0.3, -0.25) is 10.3 Å². The summed E-state index contributed by atoms with van der Waals surface area (Å²) in [5, 5.41) is 4.11. The predicted octanol–water partition coefficient (Wildman–Crippen LogP) is 2.15. The van der Waals surface area contributed by atoms with E-state index in [1.165, 1.54) is 5.56 Å². The Bertz CT molecular complexity index is 792. The molecule has 1 aliphatic rings. The normalized spacial score (nSPS) is 15.6. The van der Waals surface area contributed by atoms with Gasteiger partial charge in [-0.15, -0.1) is 0 Å². The third kappa shape index (κ3) is 5.67. The van der Waals surface area contributed by atoms with Gasteiger partial charge >= 0.3 is 0 Å². The van der Waals surface area contributed by atoms with E-state index in [-0.39, 0.29) is 5.11 Å². The van der Waals surface area contributed by atoms with Crippen molar-refractivity contribution in [2.75, 3.05) is 36.8 Å². The molecule has 0 saturated carbocycles. The van der Waals surface area contributed by atoms with Crippen LogP contribution in [0.2, 0.25) is 0 Å². The zero-order chi connectivity index (χ0) is 19.1. The summed E-state index contributed by atoms with van der Waals surface area (Å²) in [4.78, 5) is 4.88. The maximum absolute atomic E-state index is 6.31. The van der Waals surface area contributed by atoms with Crippen LogP contribution in [0, 0.1) is 0 Å². The van der Waals surface area contributed by atoms with Crippen LogP contribution in [0.4, 0.5) is 11.4 Å². The Morgan fingerprint density at radius 3 is 2.67 bits per heavy atom. The molecule has 0 spiro atoms. The average molecular weight is 383 g/mol. The Balaban J connectivity index is 1.61. The van der Waals surface area contributed by atoms with Crippen molar-refractivity contribution in [3.8, 4) is 0 Å². The highest BCUT2D eigenvalue weighted by molar-refractivity contribution is 7.80. The van der Waals surface area contributed by atoms with Gasteiger partial charge in [-0.05, 0) is 41.9 Å². The fourth-order valence-corrected chi connectivity index (χ4v) is 3.38. The molecule has 1 fully saturated rings.